The summed E-state index contributed by atoms with van der Waals surface area (Å²) in [6.07, 6.45) is 2.29. The predicted molar refractivity (Wildman–Crippen MR) is 99.7 cm³/mol. The van der Waals surface area contributed by atoms with Crippen molar-refractivity contribution in [3.05, 3.63) is 23.8 Å². The van der Waals surface area contributed by atoms with E-state index in [0.717, 1.165) is 37.5 Å². The summed E-state index contributed by atoms with van der Waals surface area (Å²) < 4.78 is 5.28. The van der Waals surface area contributed by atoms with E-state index in [-0.39, 0.29) is 5.91 Å². The van der Waals surface area contributed by atoms with Crippen LogP contribution in [-0.2, 0) is 11.3 Å². The first kappa shape index (κ1) is 19.8. The first-order chi connectivity index (χ1) is 11.5. The molecule has 0 saturated carbocycles. The second kappa shape index (κ2) is 10.5. The van der Waals surface area contributed by atoms with Crippen LogP contribution in [0.25, 0.3) is 0 Å². The van der Waals surface area contributed by atoms with Gasteiger partial charge < -0.3 is 20.3 Å². The molecule has 0 aromatic heterocycles. The van der Waals surface area contributed by atoms with Crippen LogP contribution in [-0.4, -0.2) is 44.0 Å². The van der Waals surface area contributed by atoms with E-state index in [1.165, 1.54) is 6.92 Å². The molecule has 1 amide bonds. The van der Waals surface area contributed by atoms with E-state index in [2.05, 4.69) is 29.4 Å². The molecule has 0 bridgehead atoms. The van der Waals surface area contributed by atoms with Gasteiger partial charge >= 0.3 is 0 Å². The number of anilines is 1. The van der Waals surface area contributed by atoms with Crippen molar-refractivity contribution in [1.29, 1.82) is 0 Å². The summed E-state index contributed by atoms with van der Waals surface area (Å²) in [6.45, 7) is 8.06. The van der Waals surface area contributed by atoms with Crippen LogP contribution in [0.2, 0.25) is 0 Å². The molecule has 0 saturated heterocycles. The van der Waals surface area contributed by atoms with Gasteiger partial charge in [-0.3, -0.25) is 4.79 Å². The zero-order valence-electron chi connectivity index (χ0n) is 15.5. The molecule has 6 nitrogen and oxygen atoms in total. The van der Waals surface area contributed by atoms with Crippen LogP contribution >= 0.6 is 0 Å². The molecule has 1 aromatic carbocycles. The molecule has 1 aromatic rings. The summed E-state index contributed by atoms with van der Waals surface area (Å²) in [5, 5.41) is 6.10. The Morgan fingerprint density at radius 1 is 1.33 bits per heavy atom. The van der Waals surface area contributed by atoms with Gasteiger partial charge in [-0.1, -0.05) is 19.4 Å². The summed E-state index contributed by atoms with van der Waals surface area (Å²) >= 11 is 0. The van der Waals surface area contributed by atoms with Crippen LogP contribution in [0, 0.1) is 0 Å². The third-order valence-electron chi connectivity index (χ3n) is 3.53. The van der Waals surface area contributed by atoms with E-state index in [1.54, 1.807) is 7.11 Å². The van der Waals surface area contributed by atoms with Crippen molar-refractivity contribution in [1.82, 2.24) is 10.2 Å². The van der Waals surface area contributed by atoms with Gasteiger partial charge in [-0.2, -0.15) is 0 Å². The Kier molecular flexibility index (Phi) is 8.68. The lowest BCUT2D eigenvalue weighted by atomic mass is 10.2. The summed E-state index contributed by atoms with van der Waals surface area (Å²) in [4.78, 5) is 18.2. The van der Waals surface area contributed by atoms with E-state index in [1.807, 2.05) is 25.2 Å². The number of hydrogen-bond acceptors (Lipinski definition) is 3. The van der Waals surface area contributed by atoms with Gasteiger partial charge in [-0.05, 0) is 31.0 Å². The third kappa shape index (κ3) is 6.48. The zero-order chi connectivity index (χ0) is 17.9. The molecule has 24 heavy (non-hydrogen) atoms. The Labute approximate surface area is 145 Å². The molecule has 2 N–H and O–H groups in total. The smallest absolute Gasteiger partial charge is 0.221 e. The lowest BCUT2D eigenvalue weighted by Crippen LogP contribution is -2.39. The minimum absolute atomic E-state index is 0.124. The van der Waals surface area contributed by atoms with Gasteiger partial charge in [0.25, 0.3) is 0 Å². The largest absolute Gasteiger partial charge is 0.495 e. The predicted octanol–water partition coefficient (Wildman–Crippen LogP) is 2.85. The van der Waals surface area contributed by atoms with Crippen LogP contribution in [0.4, 0.5) is 5.69 Å². The maximum atomic E-state index is 11.3. The SMILES string of the molecule is CCCCN(C)C(=NCc1ccc(OC)c(NC(C)=O)c1)NCC. The van der Waals surface area contributed by atoms with Gasteiger partial charge in [0.15, 0.2) is 5.96 Å². The molecule has 0 radical (unpaired) electrons. The summed E-state index contributed by atoms with van der Waals surface area (Å²) in [7, 11) is 3.64. The van der Waals surface area contributed by atoms with Crippen molar-refractivity contribution >= 4 is 17.6 Å². The first-order valence-electron chi connectivity index (χ1n) is 8.45. The van der Waals surface area contributed by atoms with Crippen molar-refractivity contribution in [2.24, 2.45) is 4.99 Å². The van der Waals surface area contributed by atoms with E-state index in [9.17, 15) is 4.79 Å². The highest BCUT2D eigenvalue weighted by atomic mass is 16.5. The number of nitrogens with zero attached hydrogens (tertiary/aromatic N) is 2. The highest BCUT2D eigenvalue weighted by Gasteiger charge is 2.08. The topological polar surface area (TPSA) is 66.0 Å². The number of benzene rings is 1. The fourth-order valence-corrected chi connectivity index (χ4v) is 2.28. The van der Waals surface area contributed by atoms with Gasteiger partial charge in [-0.25, -0.2) is 4.99 Å². The minimum Gasteiger partial charge on any atom is -0.495 e. The Bertz CT molecular complexity index is 558. The Balaban J connectivity index is 2.89. The second-order valence-corrected chi connectivity index (χ2v) is 5.66. The molecule has 0 aliphatic carbocycles. The Morgan fingerprint density at radius 2 is 2.08 bits per heavy atom. The number of rotatable bonds is 8. The number of methoxy groups -OCH3 is 1. The fraction of sp³-hybridized carbons (Fsp3) is 0.556. The number of hydrogen-bond donors (Lipinski definition) is 2. The molecule has 0 aliphatic rings. The highest BCUT2D eigenvalue weighted by molar-refractivity contribution is 5.90. The van der Waals surface area contributed by atoms with Gasteiger partial charge in [0.05, 0.1) is 19.3 Å². The average molecular weight is 334 g/mol. The maximum Gasteiger partial charge on any atom is 0.221 e. The van der Waals surface area contributed by atoms with Crippen molar-refractivity contribution in [3.8, 4) is 5.75 Å². The average Bonchev–Trinajstić information content (AvgIpc) is 2.56. The molecule has 0 unspecified atom stereocenters. The molecule has 1 rings (SSSR count). The van der Waals surface area contributed by atoms with Crippen LogP contribution < -0.4 is 15.4 Å². The first-order valence-corrected chi connectivity index (χ1v) is 8.45. The number of nitrogens with one attached hydrogen (secondary N) is 2. The van der Waals surface area contributed by atoms with Gasteiger partial charge in [0.1, 0.15) is 5.75 Å². The number of ether oxygens (including phenoxy) is 1. The lowest BCUT2D eigenvalue weighted by molar-refractivity contribution is -0.114. The van der Waals surface area contributed by atoms with Crippen molar-refractivity contribution in [2.75, 3.05) is 32.6 Å². The number of guanidine groups is 1. The minimum atomic E-state index is -0.124. The van der Waals surface area contributed by atoms with Crippen LogP contribution in [0.1, 0.15) is 39.2 Å². The number of amides is 1. The Morgan fingerprint density at radius 3 is 2.67 bits per heavy atom. The number of unbranched alkanes of at least 4 members (excludes halogenated alkanes) is 1. The molecule has 0 heterocycles. The molecule has 0 aliphatic heterocycles. The number of aliphatic imine (C=N–C) groups is 1. The molecular weight excluding hydrogens is 304 g/mol. The monoisotopic (exact) mass is 334 g/mol. The molecular formula is C18H30N4O2. The molecule has 0 fully saturated rings. The van der Waals surface area contributed by atoms with Crippen molar-refractivity contribution in [3.63, 3.8) is 0 Å². The van der Waals surface area contributed by atoms with E-state index in [4.69, 9.17) is 9.73 Å². The van der Waals surface area contributed by atoms with Gasteiger partial charge in [0, 0.05) is 27.1 Å². The van der Waals surface area contributed by atoms with Gasteiger partial charge in [0.2, 0.25) is 5.91 Å². The van der Waals surface area contributed by atoms with E-state index in [0.29, 0.717) is 18.0 Å². The number of carbonyl (C=O) groups is 1. The van der Waals surface area contributed by atoms with Crippen LogP contribution in [0.15, 0.2) is 23.2 Å². The second-order valence-electron chi connectivity index (χ2n) is 5.66. The number of carbonyl (C=O) groups excluding carboxylic acids is 1. The maximum absolute atomic E-state index is 11.3. The highest BCUT2D eigenvalue weighted by Crippen LogP contribution is 2.25. The summed E-state index contributed by atoms with van der Waals surface area (Å²) in [6, 6.07) is 5.71. The third-order valence-corrected chi connectivity index (χ3v) is 3.53. The lowest BCUT2D eigenvalue weighted by Gasteiger charge is -2.21. The normalized spacial score (nSPS) is 11.1. The standard InChI is InChI=1S/C18H30N4O2/c1-6-8-11-22(4)18(19-7-2)20-13-15-9-10-17(24-5)16(12-15)21-14(3)23/h9-10,12H,6-8,11,13H2,1-5H3,(H,19,20)(H,21,23). The summed E-state index contributed by atoms with van der Waals surface area (Å²) in [5.74, 6) is 1.41. The molecule has 0 spiro atoms. The molecule has 6 heteroatoms. The fourth-order valence-electron chi connectivity index (χ4n) is 2.28. The summed E-state index contributed by atoms with van der Waals surface area (Å²) in [5.41, 5.74) is 1.68. The van der Waals surface area contributed by atoms with Crippen molar-refractivity contribution in [2.45, 2.75) is 40.2 Å². The van der Waals surface area contributed by atoms with Crippen molar-refractivity contribution < 1.29 is 9.53 Å². The van der Waals surface area contributed by atoms with E-state index >= 15 is 0 Å². The zero-order valence-corrected chi connectivity index (χ0v) is 15.5. The quantitative estimate of drug-likeness (QED) is 0.567. The molecule has 134 valence electrons. The van der Waals surface area contributed by atoms with E-state index < -0.39 is 0 Å². The van der Waals surface area contributed by atoms with Gasteiger partial charge in [-0.15, -0.1) is 0 Å². The Hall–Kier alpha value is -2.24. The van der Waals surface area contributed by atoms with Crippen LogP contribution in [0.5, 0.6) is 5.75 Å². The van der Waals surface area contributed by atoms with Crippen LogP contribution in [0.3, 0.4) is 0 Å². The molecule has 0 atom stereocenters.